The number of amides is 2. The van der Waals surface area contributed by atoms with Crippen LogP contribution in [0.3, 0.4) is 0 Å². The number of anilines is 1. The molecule has 4 heterocycles. The molecule has 0 saturated carbocycles. The molecular weight excluding hydrogens is 474 g/mol. The molecule has 0 spiro atoms. The van der Waals surface area contributed by atoms with Crippen LogP contribution in [0.4, 0.5) is 10.6 Å². The number of carbonyl (C=O) groups is 2. The Labute approximate surface area is 207 Å². The Balaban J connectivity index is 1.72. The molecule has 2 aliphatic heterocycles. The second-order valence-corrected chi connectivity index (χ2v) is 10.1. The molecule has 0 radical (unpaired) electrons. The summed E-state index contributed by atoms with van der Waals surface area (Å²) in [6, 6.07) is 5.35. The Bertz CT molecular complexity index is 1220. The zero-order chi connectivity index (χ0) is 24.4. The standard InChI is InChI=1S/C23H27N5O4S2/c1-4-32-22(31)26-11-9-25(10-12-26)19-16(20(29)27-8-6-5-7-18(27)24-19)13-17-21(30)28(14-15(2)3)23(33)34-17/h5-8,13,15H,4,9-12,14H2,1-3H3. The molecule has 2 aromatic heterocycles. The molecule has 2 amide bonds. The van der Waals surface area contributed by atoms with E-state index in [2.05, 4.69) is 0 Å². The summed E-state index contributed by atoms with van der Waals surface area (Å²) in [5, 5.41) is 0. The average Bonchev–Trinajstić information content (AvgIpc) is 3.08. The van der Waals surface area contributed by atoms with E-state index in [4.69, 9.17) is 21.9 Å². The molecule has 34 heavy (non-hydrogen) atoms. The SMILES string of the molecule is CCOC(=O)N1CCN(c2nc3ccccn3c(=O)c2C=C2SC(=S)N(CC(C)C)C2=O)CC1. The molecule has 0 aliphatic carbocycles. The molecule has 0 atom stereocenters. The summed E-state index contributed by atoms with van der Waals surface area (Å²) < 4.78 is 7.06. The van der Waals surface area contributed by atoms with Gasteiger partial charge in [0.25, 0.3) is 11.5 Å². The predicted octanol–water partition coefficient (Wildman–Crippen LogP) is 2.83. The highest BCUT2D eigenvalue weighted by atomic mass is 32.2. The zero-order valence-electron chi connectivity index (χ0n) is 19.4. The van der Waals surface area contributed by atoms with E-state index in [-0.39, 0.29) is 23.5 Å². The molecule has 0 aromatic carbocycles. The van der Waals surface area contributed by atoms with Crippen LogP contribution < -0.4 is 10.5 Å². The second kappa shape index (κ2) is 10.1. The van der Waals surface area contributed by atoms with Gasteiger partial charge in [0.05, 0.1) is 17.1 Å². The van der Waals surface area contributed by atoms with Gasteiger partial charge in [-0.25, -0.2) is 9.78 Å². The Kier molecular flexibility index (Phi) is 7.22. The van der Waals surface area contributed by atoms with Crippen LogP contribution in [0, 0.1) is 5.92 Å². The lowest BCUT2D eigenvalue weighted by molar-refractivity contribution is -0.122. The number of nitrogens with zero attached hydrogens (tertiary/aromatic N) is 5. The number of hydrogen-bond acceptors (Lipinski definition) is 8. The third-order valence-electron chi connectivity index (χ3n) is 5.55. The van der Waals surface area contributed by atoms with E-state index in [9.17, 15) is 14.4 Å². The summed E-state index contributed by atoms with van der Waals surface area (Å²) in [4.78, 5) is 49.0. The number of thioether (sulfide) groups is 1. The van der Waals surface area contributed by atoms with E-state index in [1.165, 1.54) is 16.2 Å². The van der Waals surface area contributed by atoms with Gasteiger partial charge in [0.1, 0.15) is 15.8 Å². The van der Waals surface area contributed by atoms with Gasteiger partial charge in [-0.2, -0.15) is 0 Å². The maximum Gasteiger partial charge on any atom is 0.409 e. The molecule has 11 heteroatoms. The van der Waals surface area contributed by atoms with Gasteiger partial charge in [0.15, 0.2) is 0 Å². The van der Waals surface area contributed by atoms with Gasteiger partial charge in [0, 0.05) is 38.9 Å². The summed E-state index contributed by atoms with van der Waals surface area (Å²) in [5.74, 6) is 0.564. The van der Waals surface area contributed by atoms with Crippen LogP contribution in [0.15, 0.2) is 34.1 Å². The highest BCUT2D eigenvalue weighted by Crippen LogP contribution is 2.34. The van der Waals surface area contributed by atoms with Crippen LogP contribution >= 0.6 is 24.0 Å². The fourth-order valence-corrected chi connectivity index (χ4v) is 5.18. The number of aromatic nitrogens is 2. The lowest BCUT2D eigenvalue weighted by Crippen LogP contribution is -2.49. The number of fused-ring (bicyclic) bond motifs is 1. The van der Waals surface area contributed by atoms with Gasteiger partial charge in [-0.05, 0) is 31.1 Å². The largest absolute Gasteiger partial charge is 0.450 e. The van der Waals surface area contributed by atoms with Gasteiger partial charge in [-0.15, -0.1) is 0 Å². The first-order valence-corrected chi connectivity index (χ1v) is 12.5. The van der Waals surface area contributed by atoms with E-state index < -0.39 is 0 Å². The van der Waals surface area contributed by atoms with Crippen molar-refractivity contribution in [3.8, 4) is 0 Å². The summed E-state index contributed by atoms with van der Waals surface area (Å²) in [6.45, 7) is 8.55. The van der Waals surface area contributed by atoms with Crippen molar-refractivity contribution in [3.05, 3.63) is 45.2 Å². The Morgan fingerprint density at radius 1 is 1.24 bits per heavy atom. The first-order valence-electron chi connectivity index (χ1n) is 11.2. The number of thiocarbonyl (C=S) groups is 1. The van der Waals surface area contributed by atoms with Crippen molar-refractivity contribution in [1.82, 2.24) is 19.2 Å². The van der Waals surface area contributed by atoms with Crippen molar-refractivity contribution in [3.63, 3.8) is 0 Å². The molecule has 0 unspecified atom stereocenters. The van der Waals surface area contributed by atoms with Crippen molar-refractivity contribution in [2.45, 2.75) is 20.8 Å². The van der Waals surface area contributed by atoms with E-state index >= 15 is 0 Å². The molecule has 0 N–H and O–H groups in total. The van der Waals surface area contributed by atoms with E-state index in [0.717, 1.165) is 0 Å². The van der Waals surface area contributed by atoms with E-state index in [1.54, 1.807) is 41.1 Å². The minimum Gasteiger partial charge on any atom is -0.450 e. The molecule has 2 aliphatic rings. The Hall–Kier alpha value is -2.92. The van der Waals surface area contributed by atoms with Gasteiger partial charge in [-0.1, -0.05) is 43.9 Å². The Morgan fingerprint density at radius 3 is 2.65 bits per heavy atom. The predicted molar refractivity (Wildman–Crippen MR) is 137 cm³/mol. The topological polar surface area (TPSA) is 87.5 Å². The van der Waals surface area contributed by atoms with Crippen molar-refractivity contribution >= 4 is 57.8 Å². The van der Waals surface area contributed by atoms with Crippen molar-refractivity contribution in [1.29, 1.82) is 0 Å². The number of ether oxygens (including phenoxy) is 1. The molecule has 180 valence electrons. The molecule has 9 nitrogen and oxygen atoms in total. The summed E-state index contributed by atoms with van der Waals surface area (Å²) in [6.07, 6.45) is 2.93. The van der Waals surface area contributed by atoms with Crippen molar-refractivity contribution in [2.75, 3.05) is 44.2 Å². The normalized spacial score (nSPS) is 18.0. The number of piperazine rings is 1. The van der Waals surface area contributed by atoms with Crippen molar-refractivity contribution in [2.24, 2.45) is 5.92 Å². The first-order chi connectivity index (χ1) is 16.3. The van der Waals surface area contributed by atoms with E-state index in [1.807, 2.05) is 24.8 Å². The lowest BCUT2D eigenvalue weighted by atomic mass is 10.2. The van der Waals surface area contributed by atoms with Gasteiger partial charge in [-0.3, -0.25) is 18.9 Å². The van der Waals surface area contributed by atoms with Crippen LogP contribution in [0.2, 0.25) is 0 Å². The number of pyridine rings is 1. The molecule has 2 fully saturated rings. The minimum atomic E-state index is -0.345. The van der Waals surface area contributed by atoms with Crippen LogP contribution in [0.1, 0.15) is 26.3 Å². The number of carbonyl (C=O) groups excluding carboxylic acids is 2. The summed E-state index contributed by atoms with van der Waals surface area (Å²) in [7, 11) is 0. The minimum absolute atomic E-state index is 0.195. The quantitative estimate of drug-likeness (QED) is 0.457. The first kappa shape index (κ1) is 24.2. The summed E-state index contributed by atoms with van der Waals surface area (Å²) in [5.41, 5.74) is 0.584. The molecule has 4 rings (SSSR count). The Morgan fingerprint density at radius 2 is 1.97 bits per heavy atom. The van der Waals surface area contributed by atoms with Crippen LogP contribution in [-0.2, 0) is 9.53 Å². The number of hydrogen-bond donors (Lipinski definition) is 0. The van der Waals surface area contributed by atoms with Crippen LogP contribution in [0.5, 0.6) is 0 Å². The lowest BCUT2D eigenvalue weighted by Gasteiger charge is -2.35. The number of rotatable bonds is 5. The van der Waals surface area contributed by atoms with Gasteiger partial charge >= 0.3 is 6.09 Å². The second-order valence-electron chi connectivity index (χ2n) is 8.44. The molecule has 2 saturated heterocycles. The zero-order valence-corrected chi connectivity index (χ0v) is 21.0. The highest BCUT2D eigenvalue weighted by molar-refractivity contribution is 8.26. The maximum absolute atomic E-state index is 13.5. The summed E-state index contributed by atoms with van der Waals surface area (Å²) >= 11 is 6.63. The molecule has 0 bridgehead atoms. The van der Waals surface area contributed by atoms with E-state index in [0.29, 0.717) is 65.6 Å². The average molecular weight is 502 g/mol. The van der Waals surface area contributed by atoms with Gasteiger partial charge in [0.2, 0.25) is 0 Å². The van der Waals surface area contributed by atoms with Crippen LogP contribution in [0.25, 0.3) is 11.7 Å². The fourth-order valence-electron chi connectivity index (χ4n) is 3.93. The highest BCUT2D eigenvalue weighted by Gasteiger charge is 2.33. The van der Waals surface area contributed by atoms with Crippen LogP contribution in [-0.4, -0.2) is 74.8 Å². The third-order valence-corrected chi connectivity index (χ3v) is 6.93. The third kappa shape index (κ3) is 4.80. The maximum atomic E-state index is 13.5. The van der Waals surface area contributed by atoms with Gasteiger partial charge < -0.3 is 14.5 Å². The van der Waals surface area contributed by atoms with Crippen molar-refractivity contribution < 1.29 is 14.3 Å². The monoisotopic (exact) mass is 501 g/mol. The smallest absolute Gasteiger partial charge is 0.409 e. The molecular formula is C23H27N5O4S2. The molecule has 2 aromatic rings. The fraction of sp³-hybridized carbons (Fsp3) is 0.435.